The van der Waals surface area contributed by atoms with E-state index >= 15 is 0 Å². The summed E-state index contributed by atoms with van der Waals surface area (Å²) in [5.74, 6) is 0.674. The van der Waals surface area contributed by atoms with Crippen molar-refractivity contribution in [3.63, 3.8) is 0 Å². The Balaban J connectivity index is 2.55. The van der Waals surface area contributed by atoms with Gasteiger partial charge in [0.2, 0.25) is 5.88 Å². The van der Waals surface area contributed by atoms with Crippen molar-refractivity contribution in [2.24, 2.45) is 5.73 Å². The predicted molar refractivity (Wildman–Crippen MR) is 79.3 cm³/mol. The molecule has 1 aromatic heterocycles. The van der Waals surface area contributed by atoms with Gasteiger partial charge >= 0.3 is 0 Å². The van der Waals surface area contributed by atoms with Crippen molar-refractivity contribution in [1.29, 1.82) is 0 Å². The number of pyridine rings is 1. The molecule has 1 aromatic rings. The fraction of sp³-hybridized carbons (Fsp3) is 0.667. The second kappa shape index (κ2) is 7.46. The van der Waals surface area contributed by atoms with Gasteiger partial charge in [-0.1, -0.05) is 0 Å². The van der Waals surface area contributed by atoms with Crippen LogP contribution in [0.3, 0.4) is 0 Å². The lowest BCUT2D eigenvalue weighted by Crippen LogP contribution is -2.39. The van der Waals surface area contributed by atoms with Gasteiger partial charge in [0.05, 0.1) is 0 Å². The SMILES string of the molecule is Cc1cc(CN)cc(OCCN(C(C)C)C(C)C)n1. The summed E-state index contributed by atoms with van der Waals surface area (Å²) in [5.41, 5.74) is 7.66. The van der Waals surface area contributed by atoms with E-state index in [0.717, 1.165) is 17.8 Å². The largest absolute Gasteiger partial charge is 0.476 e. The first-order chi connectivity index (χ1) is 8.93. The van der Waals surface area contributed by atoms with Crippen LogP contribution >= 0.6 is 0 Å². The number of aromatic nitrogens is 1. The number of hydrogen-bond donors (Lipinski definition) is 1. The van der Waals surface area contributed by atoms with Gasteiger partial charge in [-0.3, -0.25) is 4.90 Å². The fourth-order valence-electron chi connectivity index (χ4n) is 2.27. The van der Waals surface area contributed by atoms with Gasteiger partial charge < -0.3 is 10.5 Å². The van der Waals surface area contributed by atoms with Crippen molar-refractivity contribution in [3.05, 3.63) is 23.4 Å². The Morgan fingerprint density at radius 1 is 1.21 bits per heavy atom. The molecule has 0 amide bonds. The zero-order valence-electron chi connectivity index (χ0n) is 12.8. The molecule has 0 aromatic carbocycles. The van der Waals surface area contributed by atoms with E-state index in [1.807, 2.05) is 19.1 Å². The highest BCUT2D eigenvalue weighted by molar-refractivity contribution is 5.24. The molecule has 0 saturated heterocycles. The molecule has 0 aliphatic carbocycles. The Kier molecular flexibility index (Phi) is 6.25. The molecule has 19 heavy (non-hydrogen) atoms. The Labute approximate surface area is 117 Å². The van der Waals surface area contributed by atoms with Gasteiger partial charge in [0.15, 0.2) is 0 Å². The zero-order valence-corrected chi connectivity index (χ0v) is 12.8. The molecule has 0 atom stereocenters. The molecule has 1 heterocycles. The third-order valence-corrected chi connectivity index (χ3v) is 3.15. The van der Waals surface area contributed by atoms with Crippen LogP contribution in [0.25, 0.3) is 0 Å². The monoisotopic (exact) mass is 265 g/mol. The Morgan fingerprint density at radius 2 is 1.84 bits per heavy atom. The number of ether oxygens (including phenoxy) is 1. The molecule has 1 rings (SSSR count). The maximum absolute atomic E-state index is 5.75. The van der Waals surface area contributed by atoms with E-state index in [1.165, 1.54) is 0 Å². The molecule has 0 aliphatic heterocycles. The van der Waals surface area contributed by atoms with Crippen molar-refractivity contribution in [2.45, 2.75) is 53.2 Å². The van der Waals surface area contributed by atoms with Crippen LogP contribution in [0.5, 0.6) is 5.88 Å². The van der Waals surface area contributed by atoms with Gasteiger partial charge in [-0.25, -0.2) is 4.98 Å². The van der Waals surface area contributed by atoms with E-state index in [0.29, 0.717) is 31.1 Å². The smallest absolute Gasteiger partial charge is 0.213 e. The number of hydrogen-bond acceptors (Lipinski definition) is 4. The summed E-state index contributed by atoms with van der Waals surface area (Å²) in [6, 6.07) is 4.95. The Hall–Kier alpha value is -1.13. The lowest BCUT2D eigenvalue weighted by Gasteiger charge is -2.30. The number of aryl methyl sites for hydroxylation is 1. The second-order valence-electron chi connectivity index (χ2n) is 5.43. The molecule has 0 spiro atoms. The van der Waals surface area contributed by atoms with Gasteiger partial charge in [0, 0.05) is 36.9 Å². The third kappa shape index (κ3) is 5.17. The molecule has 0 fully saturated rings. The summed E-state index contributed by atoms with van der Waals surface area (Å²) in [7, 11) is 0. The Bertz CT molecular complexity index is 383. The highest BCUT2D eigenvalue weighted by atomic mass is 16.5. The molecular weight excluding hydrogens is 238 g/mol. The first kappa shape index (κ1) is 15.9. The van der Waals surface area contributed by atoms with Gasteiger partial charge in [0.1, 0.15) is 6.61 Å². The molecule has 0 bridgehead atoms. The topological polar surface area (TPSA) is 51.4 Å². The first-order valence-electron chi connectivity index (χ1n) is 7.00. The van der Waals surface area contributed by atoms with Crippen LogP contribution in [0.2, 0.25) is 0 Å². The molecular formula is C15H27N3O. The van der Waals surface area contributed by atoms with Crippen LogP contribution in [0.1, 0.15) is 39.0 Å². The molecule has 4 heteroatoms. The van der Waals surface area contributed by atoms with E-state index in [4.69, 9.17) is 10.5 Å². The summed E-state index contributed by atoms with van der Waals surface area (Å²) >= 11 is 0. The van der Waals surface area contributed by atoms with Crippen molar-refractivity contribution in [1.82, 2.24) is 9.88 Å². The lowest BCUT2D eigenvalue weighted by molar-refractivity contribution is 0.140. The predicted octanol–water partition coefficient (Wildman–Crippen LogP) is 2.35. The minimum absolute atomic E-state index is 0.518. The van der Waals surface area contributed by atoms with Crippen molar-refractivity contribution in [2.75, 3.05) is 13.2 Å². The minimum atomic E-state index is 0.518. The fourth-order valence-corrected chi connectivity index (χ4v) is 2.27. The van der Waals surface area contributed by atoms with E-state index in [-0.39, 0.29) is 0 Å². The van der Waals surface area contributed by atoms with Crippen molar-refractivity contribution in [3.8, 4) is 5.88 Å². The van der Waals surface area contributed by atoms with Gasteiger partial charge in [-0.05, 0) is 46.2 Å². The molecule has 108 valence electrons. The van der Waals surface area contributed by atoms with Crippen LogP contribution in [0, 0.1) is 6.92 Å². The molecule has 4 nitrogen and oxygen atoms in total. The highest BCUT2D eigenvalue weighted by Gasteiger charge is 2.13. The summed E-state index contributed by atoms with van der Waals surface area (Å²) in [4.78, 5) is 6.77. The van der Waals surface area contributed by atoms with Gasteiger partial charge in [0.25, 0.3) is 0 Å². The van der Waals surface area contributed by atoms with Gasteiger partial charge in [-0.2, -0.15) is 0 Å². The average Bonchev–Trinajstić information content (AvgIpc) is 2.32. The lowest BCUT2D eigenvalue weighted by atomic mass is 10.2. The summed E-state index contributed by atoms with van der Waals surface area (Å²) in [6.45, 7) is 12.9. The third-order valence-electron chi connectivity index (χ3n) is 3.15. The second-order valence-corrected chi connectivity index (χ2v) is 5.43. The molecule has 0 aliphatic rings. The normalized spacial score (nSPS) is 11.6. The van der Waals surface area contributed by atoms with Crippen LogP contribution in [-0.4, -0.2) is 35.1 Å². The summed E-state index contributed by atoms with van der Waals surface area (Å²) < 4.78 is 5.75. The minimum Gasteiger partial charge on any atom is -0.476 e. The van der Waals surface area contributed by atoms with Crippen LogP contribution in [0.15, 0.2) is 12.1 Å². The van der Waals surface area contributed by atoms with E-state index in [1.54, 1.807) is 0 Å². The zero-order chi connectivity index (χ0) is 14.4. The summed E-state index contributed by atoms with van der Waals surface area (Å²) in [6.07, 6.45) is 0. The maximum Gasteiger partial charge on any atom is 0.213 e. The van der Waals surface area contributed by atoms with Gasteiger partial charge in [-0.15, -0.1) is 0 Å². The standard InChI is InChI=1S/C15H27N3O/c1-11(2)18(12(3)4)6-7-19-15-9-14(10-16)8-13(5)17-15/h8-9,11-12H,6-7,10,16H2,1-5H3. The van der Waals surface area contributed by atoms with Crippen molar-refractivity contribution >= 4 is 0 Å². The number of nitrogens with zero attached hydrogens (tertiary/aromatic N) is 2. The first-order valence-corrected chi connectivity index (χ1v) is 7.00. The number of rotatable bonds is 7. The average molecular weight is 265 g/mol. The van der Waals surface area contributed by atoms with Crippen LogP contribution in [0.4, 0.5) is 0 Å². The maximum atomic E-state index is 5.75. The molecule has 2 N–H and O–H groups in total. The van der Waals surface area contributed by atoms with E-state index < -0.39 is 0 Å². The highest BCUT2D eigenvalue weighted by Crippen LogP contribution is 2.12. The summed E-state index contributed by atoms with van der Waals surface area (Å²) in [5, 5.41) is 0. The molecule has 0 saturated carbocycles. The number of nitrogens with two attached hydrogens (primary N) is 1. The molecule has 0 unspecified atom stereocenters. The Morgan fingerprint density at radius 3 is 2.37 bits per heavy atom. The molecule has 0 radical (unpaired) electrons. The van der Waals surface area contributed by atoms with E-state index in [9.17, 15) is 0 Å². The quantitative estimate of drug-likeness (QED) is 0.822. The van der Waals surface area contributed by atoms with Crippen molar-refractivity contribution < 1.29 is 4.74 Å². The van der Waals surface area contributed by atoms with Crippen LogP contribution < -0.4 is 10.5 Å². The van der Waals surface area contributed by atoms with E-state index in [2.05, 4.69) is 37.6 Å². The van der Waals surface area contributed by atoms with Crippen LogP contribution in [-0.2, 0) is 6.54 Å².